The van der Waals surface area contributed by atoms with Crippen LogP contribution in [-0.4, -0.2) is 47.1 Å². The van der Waals surface area contributed by atoms with Crippen LogP contribution in [0.1, 0.15) is 22.9 Å². The van der Waals surface area contributed by atoms with Gasteiger partial charge in [-0.05, 0) is 6.42 Å². The fraction of sp³-hybridized carbons (Fsp3) is 0.600. The summed E-state index contributed by atoms with van der Waals surface area (Å²) in [5.41, 5.74) is 0. The molecular weight excluding hydrogens is 226 g/mol. The number of esters is 1. The van der Waals surface area contributed by atoms with Gasteiger partial charge in [0, 0.05) is 20.0 Å². The van der Waals surface area contributed by atoms with Gasteiger partial charge in [-0.2, -0.15) is 4.98 Å². The van der Waals surface area contributed by atoms with E-state index in [-0.39, 0.29) is 23.6 Å². The first-order valence-corrected chi connectivity index (χ1v) is 5.29. The predicted octanol–water partition coefficient (Wildman–Crippen LogP) is 0.0131. The van der Waals surface area contributed by atoms with Crippen LogP contribution in [0.2, 0.25) is 0 Å². The number of hydrogen-bond acceptors (Lipinski definition) is 6. The van der Waals surface area contributed by atoms with E-state index in [9.17, 15) is 9.59 Å². The molecule has 2 rings (SSSR count). The summed E-state index contributed by atoms with van der Waals surface area (Å²) in [4.78, 5) is 28.6. The molecule has 17 heavy (non-hydrogen) atoms. The molecule has 1 aliphatic rings. The van der Waals surface area contributed by atoms with Crippen molar-refractivity contribution in [2.24, 2.45) is 5.92 Å². The van der Waals surface area contributed by atoms with Crippen molar-refractivity contribution < 1.29 is 18.8 Å². The Kier molecular flexibility index (Phi) is 3.08. The number of likely N-dealkylation sites (tertiary alicyclic amines) is 1. The number of carbonyl (C=O) groups excluding carboxylic acids is 2. The van der Waals surface area contributed by atoms with E-state index >= 15 is 0 Å². The van der Waals surface area contributed by atoms with Crippen LogP contribution < -0.4 is 0 Å². The molecule has 1 aliphatic heterocycles. The minimum atomic E-state index is -0.312. The van der Waals surface area contributed by atoms with Gasteiger partial charge in [-0.25, -0.2) is 0 Å². The SMILES string of the molecule is COC(=O)C1CCN(C(=O)c2noc(C)n2)C1. The van der Waals surface area contributed by atoms with Crippen LogP contribution >= 0.6 is 0 Å². The molecule has 0 radical (unpaired) electrons. The van der Waals surface area contributed by atoms with Gasteiger partial charge in [0.15, 0.2) is 0 Å². The van der Waals surface area contributed by atoms with Gasteiger partial charge in [-0.1, -0.05) is 5.16 Å². The van der Waals surface area contributed by atoms with Gasteiger partial charge in [-0.3, -0.25) is 9.59 Å². The molecule has 1 fully saturated rings. The summed E-state index contributed by atoms with van der Waals surface area (Å²) in [6.45, 7) is 2.47. The van der Waals surface area contributed by atoms with E-state index in [0.717, 1.165) is 0 Å². The lowest BCUT2D eigenvalue weighted by molar-refractivity contribution is -0.144. The van der Waals surface area contributed by atoms with E-state index in [0.29, 0.717) is 25.4 Å². The van der Waals surface area contributed by atoms with Gasteiger partial charge in [0.2, 0.25) is 5.89 Å². The fourth-order valence-electron chi connectivity index (χ4n) is 1.83. The molecule has 0 aromatic carbocycles. The van der Waals surface area contributed by atoms with Gasteiger partial charge in [-0.15, -0.1) is 0 Å². The molecule has 7 nitrogen and oxygen atoms in total. The summed E-state index contributed by atoms with van der Waals surface area (Å²) in [5.74, 6) is -0.472. The lowest BCUT2D eigenvalue weighted by Gasteiger charge is -2.13. The Morgan fingerprint density at radius 2 is 2.29 bits per heavy atom. The van der Waals surface area contributed by atoms with Gasteiger partial charge in [0.05, 0.1) is 13.0 Å². The van der Waals surface area contributed by atoms with Crippen molar-refractivity contribution in [3.05, 3.63) is 11.7 Å². The van der Waals surface area contributed by atoms with Crippen molar-refractivity contribution in [2.75, 3.05) is 20.2 Å². The zero-order valence-corrected chi connectivity index (χ0v) is 9.67. The molecular formula is C10H13N3O4. The molecule has 0 saturated carbocycles. The maximum atomic E-state index is 11.9. The Morgan fingerprint density at radius 1 is 1.53 bits per heavy atom. The number of aryl methyl sites for hydroxylation is 1. The zero-order valence-electron chi connectivity index (χ0n) is 9.67. The largest absolute Gasteiger partial charge is 0.469 e. The van der Waals surface area contributed by atoms with Crippen molar-refractivity contribution in [3.63, 3.8) is 0 Å². The number of hydrogen-bond donors (Lipinski definition) is 0. The molecule has 0 aliphatic carbocycles. The van der Waals surface area contributed by atoms with Crippen molar-refractivity contribution >= 4 is 11.9 Å². The van der Waals surface area contributed by atoms with Crippen LogP contribution in [0.3, 0.4) is 0 Å². The van der Waals surface area contributed by atoms with Crippen molar-refractivity contribution in [1.82, 2.24) is 15.0 Å². The normalized spacial score (nSPS) is 19.4. The molecule has 1 aromatic rings. The highest BCUT2D eigenvalue weighted by atomic mass is 16.5. The molecule has 0 bridgehead atoms. The van der Waals surface area contributed by atoms with E-state index in [4.69, 9.17) is 4.52 Å². The Bertz CT molecular complexity index is 443. The number of carbonyl (C=O) groups is 2. The molecule has 0 N–H and O–H groups in total. The van der Waals surface area contributed by atoms with Gasteiger partial charge in [0.1, 0.15) is 0 Å². The van der Waals surface area contributed by atoms with Gasteiger partial charge < -0.3 is 14.2 Å². The van der Waals surface area contributed by atoms with Crippen LogP contribution in [0.5, 0.6) is 0 Å². The average molecular weight is 239 g/mol. The smallest absolute Gasteiger partial charge is 0.310 e. The van der Waals surface area contributed by atoms with Crippen LogP contribution in [0.25, 0.3) is 0 Å². The second-order valence-electron chi connectivity index (χ2n) is 3.90. The van der Waals surface area contributed by atoms with Crippen molar-refractivity contribution in [1.29, 1.82) is 0 Å². The predicted molar refractivity (Wildman–Crippen MR) is 55.1 cm³/mol. The topological polar surface area (TPSA) is 85.5 Å². The summed E-state index contributed by atoms with van der Waals surface area (Å²) in [7, 11) is 1.34. The van der Waals surface area contributed by atoms with E-state index in [1.54, 1.807) is 6.92 Å². The third-order valence-electron chi connectivity index (χ3n) is 2.73. The van der Waals surface area contributed by atoms with E-state index in [2.05, 4.69) is 14.9 Å². The summed E-state index contributed by atoms with van der Waals surface area (Å²) in [6.07, 6.45) is 0.606. The average Bonchev–Trinajstić information content (AvgIpc) is 2.95. The zero-order chi connectivity index (χ0) is 12.4. The monoisotopic (exact) mass is 239 g/mol. The van der Waals surface area contributed by atoms with Crippen LogP contribution in [0, 0.1) is 12.8 Å². The lowest BCUT2D eigenvalue weighted by Crippen LogP contribution is -2.31. The lowest BCUT2D eigenvalue weighted by atomic mass is 10.1. The number of ether oxygens (including phenoxy) is 1. The minimum absolute atomic E-state index is 0.0352. The summed E-state index contributed by atoms with van der Waals surface area (Å²) in [6, 6.07) is 0. The summed E-state index contributed by atoms with van der Waals surface area (Å²) < 4.78 is 9.39. The van der Waals surface area contributed by atoms with Gasteiger partial charge >= 0.3 is 5.97 Å². The molecule has 1 amide bonds. The maximum Gasteiger partial charge on any atom is 0.310 e. The molecule has 1 atom stereocenters. The standard InChI is InChI=1S/C10H13N3O4/c1-6-11-8(12-17-6)9(14)13-4-3-7(5-13)10(15)16-2/h7H,3-5H2,1-2H3. The van der Waals surface area contributed by atoms with Crippen molar-refractivity contribution in [3.8, 4) is 0 Å². The first kappa shape index (κ1) is 11.6. The Morgan fingerprint density at radius 3 is 2.88 bits per heavy atom. The third-order valence-corrected chi connectivity index (χ3v) is 2.73. The molecule has 2 heterocycles. The van der Waals surface area contributed by atoms with Gasteiger partial charge in [0.25, 0.3) is 11.7 Å². The molecule has 7 heteroatoms. The van der Waals surface area contributed by atoms with Crippen LogP contribution in [0.4, 0.5) is 0 Å². The number of amides is 1. The van der Waals surface area contributed by atoms with Crippen LogP contribution in [-0.2, 0) is 9.53 Å². The number of rotatable bonds is 2. The van der Waals surface area contributed by atoms with Crippen LogP contribution in [0.15, 0.2) is 4.52 Å². The second kappa shape index (κ2) is 4.52. The quantitative estimate of drug-likeness (QED) is 0.676. The molecule has 92 valence electrons. The highest BCUT2D eigenvalue weighted by Crippen LogP contribution is 2.18. The number of nitrogens with zero attached hydrogens (tertiary/aromatic N) is 3. The Hall–Kier alpha value is -1.92. The fourth-order valence-corrected chi connectivity index (χ4v) is 1.83. The minimum Gasteiger partial charge on any atom is -0.469 e. The molecule has 0 spiro atoms. The first-order valence-electron chi connectivity index (χ1n) is 5.29. The molecule has 1 unspecified atom stereocenters. The number of methoxy groups -OCH3 is 1. The van der Waals surface area contributed by atoms with E-state index in [1.165, 1.54) is 12.0 Å². The van der Waals surface area contributed by atoms with E-state index in [1.807, 2.05) is 0 Å². The van der Waals surface area contributed by atoms with E-state index < -0.39 is 0 Å². The third kappa shape index (κ3) is 2.27. The molecule has 1 aromatic heterocycles. The highest BCUT2D eigenvalue weighted by Gasteiger charge is 2.33. The van der Waals surface area contributed by atoms with Crippen molar-refractivity contribution in [2.45, 2.75) is 13.3 Å². The second-order valence-corrected chi connectivity index (χ2v) is 3.90. The maximum absolute atomic E-state index is 11.9. The first-order chi connectivity index (χ1) is 8.11. The number of aromatic nitrogens is 2. The Labute approximate surface area is 97.7 Å². The summed E-state index contributed by atoms with van der Waals surface area (Å²) >= 11 is 0. The molecule has 1 saturated heterocycles. The highest BCUT2D eigenvalue weighted by molar-refractivity contribution is 5.91. The Balaban J connectivity index is 2.01. The summed E-state index contributed by atoms with van der Waals surface area (Å²) in [5, 5.41) is 3.56.